The molecule has 2 aromatic rings. The third-order valence-electron chi connectivity index (χ3n) is 3.95. The lowest BCUT2D eigenvalue weighted by Gasteiger charge is -2.13. The zero-order chi connectivity index (χ0) is 17.6. The van der Waals surface area contributed by atoms with Gasteiger partial charge in [-0.1, -0.05) is 0 Å². The number of nitrogens with one attached hydrogen (secondary N) is 2. The Balaban J connectivity index is 1.77. The van der Waals surface area contributed by atoms with Gasteiger partial charge in [0.25, 0.3) is 0 Å². The number of hydrogen-bond donors (Lipinski definition) is 3. The number of hydrogen-bond acceptors (Lipinski definition) is 8. The molecule has 1 aliphatic heterocycles. The van der Waals surface area contributed by atoms with Crippen molar-refractivity contribution < 1.29 is 9.84 Å². The smallest absolute Gasteiger partial charge is 0.224 e. The van der Waals surface area contributed by atoms with Gasteiger partial charge in [0.15, 0.2) is 0 Å². The standard InChI is InChI=1S/C17H24N6O2/c1-11-7-12(2)21-16(20-11)9-19-15-8-14(13-3-6-25-10-13)22-17(23-15)18-4-5-24/h7-8,13,24H,3-6,9-10H2,1-2H3,(H2,18,19,22,23)/t13-/m1/s1. The molecule has 2 aromatic heterocycles. The molecular weight excluding hydrogens is 320 g/mol. The monoisotopic (exact) mass is 344 g/mol. The van der Waals surface area contributed by atoms with Crippen LogP contribution in [0.3, 0.4) is 0 Å². The van der Waals surface area contributed by atoms with E-state index < -0.39 is 0 Å². The van der Waals surface area contributed by atoms with E-state index in [1.165, 1.54) is 0 Å². The van der Waals surface area contributed by atoms with Gasteiger partial charge in [-0.05, 0) is 26.3 Å². The Kier molecular flexibility index (Phi) is 5.72. The predicted molar refractivity (Wildman–Crippen MR) is 94.6 cm³/mol. The van der Waals surface area contributed by atoms with Crippen LogP contribution in [0.2, 0.25) is 0 Å². The van der Waals surface area contributed by atoms with E-state index in [2.05, 4.69) is 30.6 Å². The maximum Gasteiger partial charge on any atom is 0.224 e. The Morgan fingerprint density at radius 2 is 1.92 bits per heavy atom. The second kappa shape index (κ2) is 8.17. The zero-order valence-corrected chi connectivity index (χ0v) is 14.6. The first-order chi connectivity index (χ1) is 12.1. The van der Waals surface area contributed by atoms with Crippen LogP contribution in [0.15, 0.2) is 12.1 Å². The van der Waals surface area contributed by atoms with Crippen LogP contribution >= 0.6 is 0 Å². The minimum Gasteiger partial charge on any atom is -0.395 e. The SMILES string of the molecule is Cc1cc(C)nc(CNc2cc([C@@H]3CCOC3)nc(NCCO)n2)n1. The molecule has 8 nitrogen and oxygen atoms in total. The highest BCUT2D eigenvalue weighted by Crippen LogP contribution is 2.26. The van der Waals surface area contributed by atoms with Gasteiger partial charge >= 0.3 is 0 Å². The lowest BCUT2D eigenvalue weighted by atomic mass is 10.0. The minimum atomic E-state index is 0.0271. The predicted octanol–water partition coefficient (Wildman–Crippen LogP) is 1.40. The minimum absolute atomic E-state index is 0.0271. The fourth-order valence-corrected chi connectivity index (χ4v) is 2.83. The summed E-state index contributed by atoms with van der Waals surface area (Å²) in [5.74, 6) is 2.21. The van der Waals surface area contributed by atoms with Crippen LogP contribution in [-0.2, 0) is 11.3 Å². The highest BCUT2D eigenvalue weighted by atomic mass is 16.5. The summed E-state index contributed by atoms with van der Waals surface area (Å²) in [6.45, 7) is 6.27. The average molecular weight is 344 g/mol. The van der Waals surface area contributed by atoms with Crippen LogP contribution in [0.25, 0.3) is 0 Å². The van der Waals surface area contributed by atoms with Crippen LogP contribution in [-0.4, -0.2) is 51.4 Å². The molecule has 0 spiro atoms. The molecule has 1 saturated heterocycles. The molecule has 25 heavy (non-hydrogen) atoms. The van der Waals surface area contributed by atoms with Gasteiger partial charge < -0.3 is 20.5 Å². The molecular formula is C17H24N6O2. The molecule has 0 saturated carbocycles. The van der Waals surface area contributed by atoms with Gasteiger partial charge in [0.1, 0.15) is 11.6 Å². The number of aliphatic hydroxyl groups is 1. The van der Waals surface area contributed by atoms with Crippen molar-refractivity contribution in [1.29, 1.82) is 0 Å². The lowest BCUT2D eigenvalue weighted by molar-refractivity contribution is 0.193. The van der Waals surface area contributed by atoms with Gasteiger partial charge in [0.05, 0.1) is 25.5 Å². The van der Waals surface area contributed by atoms with Gasteiger partial charge in [-0.15, -0.1) is 0 Å². The van der Waals surface area contributed by atoms with Crippen molar-refractivity contribution in [2.24, 2.45) is 0 Å². The topological polar surface area (TPSA) is 105 Å². The van der Waals surface area contributed by atoms with Crippen molar-refractivity contribution in [3.8, 4) is 0 Å². The van der Waals surface area contributed by atoms with Crippen molar-refractivity contribution in [3.63, 3.8) is 0 Å². The van der Waals surface area contributed by atoms with Gasteiger partial charge in [-0.25, -0.2) is 15.0 Å². The van der Waals surface area contributed by atoms with E-state index in [-0.39, 0.29) is 12.5 Å². The van der Waals surface area contributed by atoms with Crippen molar-refractivity contribution in [1.82, 2.24) is 19.9 Å². The van der Waals surface area contributed by atoms with Crippen LogP contribution in [0.4, 0.5) is 11.8 Å². The van der Waals surface area contributed by atoms with Crippen molar-refractivity contribution in [2.45, 2.75) is 32.7 Å². The van der Waals surface area contributed by atoms with E-state index in [1.807, 2.05) is 26.0 Å². The van der Waals surface area contributed by atoms with Crippen LogP contribution in [0.1, 0.15) is 35.2 Å². The summed E-state index contributed by atoms with van der Waals surface area (Å²) in [7, 11) is 0. The molecule has 8 heteroatoms. The molecule has 0 bridgehead atoms. The molecule has 3 rings (SSSR count). The van der Waals surface area contributed by atoms with E-state index in [0.29, 0.717) is 31.5 Å². The van der Waals surface area contributed by atoms with E-state index in [1.54, 1.807) is 0 Å². The summed E-state index contributed by atoms with van der Waals surface area (Å²) in [4.78, 5) is 17.9. The Bertz CT molecular complexity index is 698. The number of aliphatic hydroxyl groups excluding tert-OH is 1. The Labute approximate surface area is 147 Å². The van der Waals surface area contributed by atoms with Gasteiger partial charge in [0.2, 0.25) is 5.95 Å². The van der Waals surface area contributed by atoms with E-state index in [0.717, 1.165) is 35.9 Å². The Hall–Kier alpha value is -2.32. The largest absolute Gasteiger partial charge is 0.395 e. The average Bonchev–Trinajstić information content (AvgIpc) is 3.12. The maximum absolute atomic E-state index is 9.01. The van der Waals surface area contributed by atoms with Crippen molar-refractivity contribution >= 4 is 11.8 Å². The fraction of sp³-hybridized carbons (Fsp3) is 0.529. The highest BCUT2D eigenvalue weighted by molar-refractivity contribution is 5.43. The first kappa shape index (κ1) is 17.5. The van der Waals surface area contributed by atoms with Crippen LogP contribution < -0.4 is 10.6 Å². The molecule has 0 radical (unpaired) electrons. The van der Waals surface area contributed by atoms with E-state index in [4.69, 9.17) is 9.84 Å². The molecule has 0 amide bonds. The first-order valence-corrected chi connectivity index (χ1v) is 8.50. The number of rotatable bonds is 7. The molecule has 3 N–H and O–H groups in total. The summed E-state index contributed by atoms with van der Waals surface area (Å²) in [5, 5.41) is 15.3. The lowest BCUT2D eigenvalue weighted by Crippen LogP contribution is -2.14. The molecule has 134 valence electrons. The van der Waals surface area contributed by atoms with E-state index in [9.17, 15) is 0 Å². The van der Waals surface area contributed by atoms with Crippen LogP contribution in [0, 0.1) is 13.8 Å². The summed E-state index contributed by atoms with van der Waals surface area (Å²) in [5.41, 5.74) is 2.83. The first-order valence-electron chi connectivity index (χ1n) is 8.50. The quantitative estimate of drug-likeness (QED) is 0.692. The molecule has 0 aromatic carbocycles. The van der Waals surface area contributed by atoms with Crippen molar-refractivity contribution in [3.05, 3.63) is 35.0 Å². The van der Waals surface area contributed by atoms with Crippen LogP contribution in [0.5, 0.6) is 0 Å². The van der Waals surface area contributed by atoms with Crippen molar-refractivity contribution in [2.75, 3.05) is 37.0 Å². The number of aryl methyl sites for hydroxylation is 2. The van der Waals surface area contributed by atoms with Gasteiger partial charge in [-0.2, -0.15) is 4.98 Å². The number of anilines is 2. The number of aromatic nitrogens is 4. The molecule has 1 fully saturated rings. The fourth-order valence-electron chi connectivity index (χ4n) is 2.83. The second-order valence-electron chi connectivity index (χ2n) is 6.13. The molecule has 1 atom stereocenters. The Morgan fingerprint density at radius 1 is 1.12 bits per heavy atom. The third-order valence-corrected chi connectivity index (χ3v) is 3.95. The highest BCUT2D eigenvalue weighted by Gasteiger charge is 2.20. The maximum atomic E-state index is 9.01. The number of ether oxygens (including phenoxy) is 1. The summed E-state index contributed by atoms with van der Waals surface area (Å²) in [6.07, 6.45) is 0.954. The zero-order valence-electron chi connectivity index (χ0n) is 14.6. The van der Waals surface area contributed by atoms with Gasteiger partial charge in [-0.3, -0.25) is 0 Å². The Morgan fingerprint density at radius 3 is 2.60 bits per heavy atom. The molecule has 1 aliphatic rings. The normalized spacial score (nSPS) is 16.8. The summed E-state index contributed by atoms with van der Waals surface area (Å²) >= 11 is 0. The van der Waals surface area contributed by atoms with Gasteiger partial charge in [0, 0.05) is 36.5 Å². The second-order valence-corrected chi connectivity index (χ2v) is 6.13. The van der Waals surface area contributed by atoms with E-state index >= 15 is 0 Å². The third kappa shape index (κ3) is 4.83. The summed E-state index contributed by atoms with van der Waals surface area (Å²) < 4.78 is 5.47. The molecule has 0 aliphatic carbocycles. The number of nitrogens with zero attached hydrogens (tertiary/aromatic N) is 4. The molecule has 0 unspecified atom stereocenters. The molecule has 3 heterocycles. The summed E-state index contributed by atoms with van der Waals surface area (Å²) in [6, 6.07) is 3.90.